The number of aromatic nitrogens is 2. The monoisotopic (exact) mass is 397 g/mol. The largest absolute Gasteiger partial charge is 0.392 e. The molecule has 0 spiro atoms. The Kier molecular flexibility index (Phi) is 6.78. The van der Waals surface area contributed by atoms with E-state index in [4.69, 9.17) is 4.98 Å². The van der Waals surface area contributed by atoms with E-state index in [0.29, 0.717) is 30.7 Å². The number of aryl methyl sites for hydroxylation is 1. The van der Waals surface area contributed by atoms with E-state index < -0.39 is 6.10 Å². The smallest absolute Gasteiger partial charge is 0.260 e. The summed E-state index contributed by atoms with van der Waals surface area (Å²) in [6, 6.07) is 8.06. The molecule has 148 valence electrons. The number of nitrogens with one attached hydrogen (secondary N) is 1. The Morgan fingerprint density at radius 2 is 2.14 bits per heavy atom. The second-order valence-corrected chi connectivity index (χ2v) is 7.86. The van der Waals surface area contributed by atoms with Crippen LogP contribution in [0.15, 0.2) is 47.1 Å². The zero-order valence-electron chi connectivity index (χ0n) is 16.4. The van der Waals surface area contributed by atoms with E-state index >= 15 is 0 Å². The molecule has 0 saturated heterocycles. The second kappa shape index (κ2) is 9.28. The first-order chi connectivity index (χ1) is 13.5. The van der Waals surface area contributed by atoms with Crippen LogP contribution in [0.5, 0.6) is 0 Å². The number of H-pyrrole nitrogens is 1. The number of likely N-dealkylation sites (N-methyl/N-ethyl adjacent to an activating group) is 1. The first-order valence-corrected chi connectivity index (χ1v) is 10.5. The molecule has 3 rings (SSSR count). The summed E-state index contributed by atoms with van der Waals surface area (Å²) in [6.45, 7) is 9.60. The summed E-state index contributed by atoms with van der Waals surface area (Å²) in [4.78, 5) is 23.3. The van der Waals surface area contributed by atoms with Gasteiger partial charge in [0.1, 0.15) is 10.7 Å². The lowest BCUT2D eigenvalue weighted by atomic mass is 10.0. The lowest BCUT2D eigenvalue weighted by molar-refractivity contribution is 0.104. The first kappa shape index (κ1) is 20.5. The van der Waals surface area contributed by atoms with Crippen molar-refractivity contribution >= 4 is 21.6 Å². The van der Waals surface area contributed by atoms with Crippen molar-refractivity contribution in [3.05, 3.63) is 64.0 Å². The number of aromatic amines is 1. The van der Waals surface area contributed by atoms with Crippen LogP contribution in [0, 0.1) is 6.92 Å². The lowest BCUT2D eigenvalue weighted by Gasteiger charge is -2.22. The molecular weight excluding hydrogens is 370 g/mol. The maximum Gasteiger partial charge on any atom is 0.260 e. The Balaban J connectivity index is 1.86. The van der Waals surface area contributed by atoms with E-state index in [1.54, 1.807) is 0 Å². The van der Waals surface area contributed by atoms with Gasteiger partial charge in [0.15, 0.2) is 0 Å². The van der Waals surface area contributed by atoms with Crippen LogP contribution in [0.4, 0.5) is 0 Å². The van der Waals surface area contributed by atoms with Gasteiger partial charge in [0.25, 0.3) is 5.56 Å². The van der Waals surface area contributed by atoms with E-state index in [1.165, 1.54) is 11.3 Å². The molecule has 0 radical (unpaired) electrons. The summed E-state index contributed by atoms with van der Waals surface area (Å²) in [5, 5.41) is 12.8. The Bertz CT molecular complexity index is 1010. The summed E-state index contributed by atoms with van der Waals surface area (Å²) < 4.78 is 0. The van der Waals surface area contributed by atoms with Crippen LogP contribution in [0.3, 0.4) is 0 Å². The zero-order valence-corrected chi connectivity index (χ0v) is 17.3. The highest BCUT2D eigenvalue weighted by atomic mass is 32.1. The highest BCUT2D eigenvalue weighted by Gasteiger charge is 2.16. The van der Waals surface area contributed by atoms with Crippen molar-refractivity contribution in [1.29, 1.82) is 0 Å². The summed E-state index contributed by atoms with van der Waals surface area (Å²) in [5.74, 6) is 0.633. The van der Waals surface area contributed by atoms with Crippen molar-refractivity contribution < 1.29 is 5.11 Å². The molecule has 0 aliphatic rings. The number of rotatable bonds is 9. The number of nitrogens with zero attached hydrogens (tertiary/aromatic N) is 2. The van der Waals surface area contributed by atoms with Crippen molar-refractivity contribution in [2.45, 2.75) is 39.3 Å². The number of hydrogen-bond acceptors (Lipinski definition) is 5. The fourth-order valence-electron chi connectivity index (χ4n) is 3.36. The van der Waals surface area contributed by atoms with Gasteiger partial charge in [-0.25, -0.2) is 4.98 Å². The number of thiophene rings is 1. The van der Waals surface area contributed by atoms with Crippen LogP contribution < -0.4 is 5.56 Å². The Labute approximate surface area is 169 Å². The molecule has 28 heavy (non-hydrogen) atoms. The van der Waals surface area contributed by atoms with Gasteiger partial charge in [-0.15, -0.1) is 17.9 Å². The minimum Gasteiger partial charge on any atom is -0.392 e. The molecule has 0 aliphatic heterocycles. The topological polar surface area (TPSA) is 69.2 Å². The van der Waals surface area contributed by atoms with Gasteiger partial charge in [-0.2, -0.15) is 0 Å². The molecule has 0 fully saturated rings. The molecule has 2 aromatic heterocycles. The quantitative estimate of drug-likeness (QED) is 0.533. The average molecular weight is 398 g/mol. The van der Waals surface area contributed by atoms with Crippen LogP contribution in [-0.2, 0) is 6.54 Å². The number of allylic oxidation sites excluding steroid dienone is 1. The Hall–Kier alpha value is -2.28. The van der Waals surface area contributed by atoms with E-state index in [0.717, 1.165) is 34.5 Å². The van der Waals surface area contributed by atoms with E-state index in [2.05, 4.69) is 16.5 Å². The standard InChI is InChI=1S/C22H27N3O2S/c1-4-6-10-16(26)12-25(5-2)13-19-23-21(27)20-18(14-28-22(20)24-19)17-11-8-7-9-15(17)3/h4,7-9,11,14,16,26H,1,5-6,10,12-13H2,2-3H3,(H,23,24,27). The molecule has 3 aromatic rings. The van der Waals surface area contributed by atoms with Crippen molar-refractivity contribution in [2.24, 2.45) is 0 Å². The number of fused-ring (bicyclic) bond motifs is 1. The summed E-state index contributed by atoms with van der Waals surface area (Å²) in [5.41, 5.74) is 3.03. The zero-order chi connectivity index (χ0) is 20.1. The summed E-state index contributed by atoms with van der Waals surface area (Å²) in [6.07, 6.45) is 2.88. The highest BCUT2D eigenvalue weighted by molar-refractivity contribution is 7.17. The molecule has 1 atom stereocenters. The number of benzene rings is 1. The molecule has 5 nitrogen and oxygen atoms in total. The normalized spacial score (nSPS) is 12.6. The molecule has 1 unspecified atom stereocenters. The van der Waals surface area contributed by atoms with Crippen LogP contribution in [0.1, 0.15) is 31.2 Å². The number of aliphatic hydroxyl groups excluding tert-OH is 1. The molecule has 2 N–H and O–H groups in total. The molecule has 2 heterocycles. The van der Waals surface area contributed by atoms with E-state index in [9.17, 15) is 9.90 Å². The molecular formula is C22H27N3O2S. The van der Waals surface area contributed by atoms with Crippen LogP contribution in [0.2, 0.25) is 0 Å². The van der Waals surface area contributed by atoms with Gasteiger partial charge < -0.3 is 10.1 Å². The van der Waals surface area contributed by atoms with Gasteiger partial charge in [-0.3, -0.25) is 9.69 Å². The molecule has 0 aliphatic carbocycles. The SMILES string of the molecule is C=CCCC(O)CN(CC)Cc1nc2scc(-c3ccccc3C)c2c(=O)[nH]1. The summed E-state index contributed by atoms with van der Waals surface area (Å²) in [7, 11) is 0. The highest BCUT2D eigenvalue weighted by Crippen LogP contribution is 2.32. The third kappa shape index (κ3) is 4.58. The van der Waals surface area contributed by atoms with Crippen molar-refractivity contribution in [3.8, 4) is 11.1 Å². The fraction of sp³-hybridized carbons (Fsp3) is 0.364. The minimum atomic E-state index is -0.414. The molecule has 0 saturated carbocycles. The van der Waals surface area contributed by atoms with Gasteiger partial charge in [-0.1, -0.05) is 37.3 Å². The van der Waals surface area contributed by atoms with Crippen molar-refractivity contribution in [2.75, 3.05) is 13.1 Å². The van der Waals surface area contributed by atoms with Crippen LogP contribution >= 0.6 is 11.3 Å². The predicted molar refractivity (Wildman–Crippen MR) is 117 cm³/mol. The van der Waals surface area contributed by atoms with Crippen molar-refractivity contribution in [3.63, 3.8) is 0 Å². The average Bonchev–Trinajstić information content (AvgIpc) is 3.10. The van der Waals surface area contributed by atoms with Crippen molar-refractivity contribution in [1.82, 2.24) is 14.9 Å². The maximum atomic E-state index is 12.8. The summed E-state index contributed by atoms with van der Waals surface area (Å²) >= 11 is 1.50. The predicted octanol–water partition coefficient (Wildman–Crippen LogP) is 4.11. The number of aliphatic hydroxyl groups is 1. The fourth-order valence-corrected chi connectivity index (χ4v) is 4.32. The van der Waals surface area contributed by atoms with E-state index in [1.807, 2.05) is 49.6 Å². The van der Waals surface area contributed by atoms with Crippen LogP contribution in [0.25, 0.3) is 21.3 Å². The maximum absolute atomic E-state index is 12.8. The Morgan fingerprint density at radius 1 is 1.36 bits per heavy atom. The molecule has 6 heteroatoms. The van der Waals surface area contributed by atoms with Gasteiger partial charge in [-0.05, 0) is 37.4 Å². The first-order valence-electron chi connectivity index (χ1n) is 9.61. The second-order valence-electron chi connectivity index (χ2n) is 7.00. The van der Waals surface area contributed by atoms with E-state index in [-0.39, 0.29) is 5.56 Å². The minimum absolute atomic E-state index is 0.109. The van der Waals surface area contributed by atoms with Gasteiger partial charge in [0, 0.05) is 17.5 Å². The van der Waals surface area contributed by atoms with Gasteiger partial charge in [0.05, 0.1) is 18.0 Å². The molecule has 0 bridgehead atoms. The van der Waals surface area contributed by atoms with Crippen LogP contribution in [-0.4, -0.2) is 39.2 Å². The third-order valence-electron chi connectivity index (χ3n) is 4.92. The van der Waals surface area contributed by atoms with Gasteiger partial charge in [0.2, 0.25) is 0 Å². The molecule has 0 amide bonds. The third-order valence-corrected chi connectivity index (χ3v) is 5.79. The molecule has 1 aromatic carbocycles. The van der Waals surface area contributed by atoms with Gasteiger partial charge >= 0.3 is 0 Å². The lowest BCUT2D eigenvalue weighted by Crippen LogP contribution is -2.33. The number of hydrogen-bond donors (Lipinski definition) is 2. The Morgan fingerprint density at radius 3 is 2.86 bits per heavy atom.